The first kappa shape index (κ1) is 17.2. The van der Waals surface area contributed by atoms with Crippen LogP contribution in [0.25, 0.3) is 0 Å². The molecule has 6 heteroatoms. The number of rotatable bonds is 8. The van der Waals surface area contributed by atoms with Crippen LogP contribution in [0, 0.1) is 0 Å². The summed E-state index contributed by atoms with van der Waals surface area (Å²) in [5, 5.41) is 2.96. The summed E-state index contributed by atoms with van der Waals surface area (Å²) in [7, 11) is 0. The molecule has 1 atom stereocenters. The summed E-state index contributed by atoms with van der Waals surface area (Å²) < 4.78 is 35.8. The van der Waals surface area contributed by atoms with Gasteiger partial charge in [0.05, 0.1) is 6.54 Å². The van der Waals surface area contributed by atoms with E-state index in [1.807, 2.05) is 13.8 Å². The SMILES string of the molecule is CCN(CC)C(=O)CNC(C)CCCC(F)(F)F. The van der Waals surface area contributed by atoms with Gasteiger partial charge in [-0.3, -0.25) is 4.79 Å². The lowest BCUT2D eigenvalue weighted by molar-refractivity contribution is -0.136. The van der Waals surface area contributed by atoms with Crippen molar-refractivity contribution in [2.24, 2.45) is 0 Å². The molecule has 0 aromatic rings. The highest BCUT2D eigenvalue weighted by molar-refractivity contribution is 5.78. The van der Waals surface area contributed by atoms with Crippen molar-refractivity contribution in [3.63, 3.8) is 0 Å². The number of hydrogen-bond acceptors (Lipinski definition) is 2. The van der Waals surface area contributed by atoms with E-state index in [4.69, 9.17) is 0 Å². The zero-order valence-corrected chi connectivity index (χ0v) is 11.3. The van der Waals surface area contributed by atoms with Crippen molar-refractivity contribution in [1.82, 2.24) is 10.2 Å². The third kappa shape index (κ3) is 8.33. The summed E-state index contributed by atoms with van der Waals surface area (Å²) in [4.78, 5) is 13.3. The van der Waals surface area contributed by atoms with Crippen molar-refractivity contribution in [3.05, 3.63) is 0 Å². The Morgan fingerprint density at radius 1 is 1.28 bits per heavy atom. The van der Waals surface area contributed by atoms with E-state index in [-0.39, 0.29) is 24.9 Å². The predicted octanol–water partition coefficient (Wildman–Crippen LogP) is 2.57. The molecule has 0 rings (SSSR count). The number of halogens is 3. The highest BCUT2D eigenvalue weighted by Gasteiger charge is 2.26. The summed E-state index contributed by atoms with van der Waals surface area (Å²) >= 11 is 0. The topological polar surface area (TPSA) is 32.3 Å². The molecule has 1 amide bonds. The molecular formula is C12H23F3N2O. The minimum atomic E-state index is -4.09. The van der Waals surface area contributed by atoms with E-state index < -0.39 is 12.6 Å². The molecule has 0 aromatic carbocycles. The average molecular weight is 268 g/mol. The van der Waals surface area contributed by atoms with Gasteiger partial charge in [0.2, 0.25) is 5.91 Å². The van der Waals surface area contributed by atoms with Crippen molar-refractivity contribution in [2.45, 2.75) is 52.3 Å². The van der Waals surface area contributed by atoms with Crippen LogP contribution in [0.3, 0.4) is 0 Å². The first-order valence-electron chi connectivity index (χ1n) is 6.38. The highest BCUT2D eigenvalue weighted by atomic mass is 19.4. The van der Waals surface area contributed by atoms with Gasteiger partial charge in [0.15, 0.2) is 0 Å². The smallest absolute Gasteiger partial charge is 0.342 e. The van der Waals surface area contributed by atoms with Crippen molar-refractivity contribution in [3.8, 4) is 0 Å². The summed E-state index contributed by atoms with van der Waals surface area (Å²) in [5.74, 6) is -0.0114. The number of carbonyl (C=O) groups is 1. The molecule has 0 aliphatic heterocycles. The van der Waals surface area contributed by atoms with Crippen LogP contribution in [0.1, 0.15) is 40.0 Å². The molecule has 108 valence electrons. The van der Waals surface area contributed by atoms with Crippen LogP contribution in [0.5, 0.6) is 0 Å². The number of nitrogens with one attached hydrogen (secondary N) is 1. The van der Waals surface area contributed by atoms with Gasteiger partial charge in [-0.1, -0.05) is 0 Å². The molecule has 0 saturated carbocycles. The molecule has 0 saturated heterocycles. The second kappa shape index (κ2) is 8.34. The minimum Gasteiger partial charge on any atom is -0.342 e. The van der Waals surface area contributed by atoms with Gasteiger partial charge in [-0.2, -0.15) is 13.2 Å². The third-order valence-corrected chi connectivity index (χ3v) is 2.82. The maximum Gasteiger partial charge on any atom is 0.389 e. The number of hydrogen-bond donors (Lipinski definition) is 1. The van der Waals surface area contributed by atoms with Crippen LogP contribution in [0.15, 0.2) is 0 Å². The number of amides is 1. The lowest BCUT2D eigenvalue weighted by atomic mass is 10.1. The Hall–Kier alpha value is -0.780. The Morgan fingerprint density at radius 3 is 2.28 bits per heavy atom. The van der Waals surface area contributed by atoms with Crippen LogP contribution in [-0.4, -0.2) is 42.7 Å². The molecule has 0 aliphatic carbocycles. The zero-order valence-electron chi connectivity index (χ0n) is 11.3. The molecule has 0 spiro atoms. The summed E-state index contributed by atoms with van der Waals surface area (Å²) in [6.45, 7) is 7.09. The molecule has 0 aliphatic rings. The van der Waals surface area contributed by atoms with E-state index in [2.05, 4.69) is 5.32 Å². The summed E-state index contributed by atoms with van der Waals surface area (Å²) in [6, 6.07) is -0.0770. The van der Waals surface area contributed by atoms with E-state index in [9.17, 15) is 18.0 Å². The first-order chi connectivity index (χ1) is 8.30. The molecule has 0 fully saturated rings. The van der Waals surface area contributed by atoms with E-state index in [0.29, 0.717) is 19.5 Å². The van der Waals surface area contributed by atoms with E-state index in [1.54, 1.807) is 11.8 Å². The number of carbonyl (C=O) groups excluding carboxylic acids is 1. The quantitative estimate of drug-likeness (QED) is 0.734. The fraction of sp³-hybridized carbons (Fsp3) is 0.917. The van der Waals surface area contributed by atoms with Gasteiger partial charge < -0.3 is 10.2 Å². The third-order valence-electron chi connectivity index (χ3n) is 2.82. The van der Waals surface area contributed by atoms with Gasteiger partial charge in [-0.25, -0.2) is 0 Å². The standard InChI is InChI=1S/C12H23F3N2O/c1-4-17(5-2)11(18)9-16-10(3)7-6-8-12(13,14)15/h10,16H,4-9H2,1-3H3. The first-order valence-corrected chi connectivity index (χ1v) is 6.38. The number of alkyl halides is 3. The van der Waals surface area contributed by atoms with Gasteiger partial charge in [0.25, 0.3) is 0 Å². The molecule has 0 radical (unpaired) electrons. The Kier molecular flexibility index (Phi) is 7.98. The summed E-state index contributed by atoms with van der Waals surface area (Å²) in [6.07, 6.45) is -4.33. The van der Waals surface area contributed by atoms with Gasteiger partial charge in [0, 0.05) is 25.6 Å². The maximum absolute atomic E-state index is 11.9. The Morgan fingerprint density at radius 2 is 1.83 bits per heavy atom. The fourth-order valence-electron chi connectivity index (χ4n) is 1.66. The molecule has 0 bridgehead atoms. The highest BCUT2D eigenvalue weighted by Crippen LogP contribution is 2.22. The van der Waals surface area contributed by atoms with E-state index >= 15 is 0 Å². The molecule has 0 heterocycles. The molecular weight excluding hydrogens is 245 g/mol. The average Bonchev–Trinajstić information content (AvgIpc) is 2.26. The van der Waals surface area contributed by atoms with Crippen molar-refractivity contribution < 1.29 is 18.0 Å². The Bertz CT molecular complexity index is 240. The Labute approximate surface area is 107 Å². The van der Waals surface area contributed by atoms with Crippen molar-refractivity contribution in [1.29, 1.82) is 0 Å². The largest absolute Gasteiger partial charge is 0.389 e. The van der Waals surface area contributed by atoms with Crippen LogP contribution in [0.4, 0.5) is 13.2 Å². The predicted molar refractivity (Wildman–Crippen MR) is 65.3 cm³/mol. The monoisotopic (exact) mass is 268 g/mol. The van der Waals surface area contributed by atoms with Gasteiger partial charge >= 0.3 is 6.18 Å². The van der Waals surface area contributed by atoms with Gasteiger partial charge in [-0.05, 0) is 33.6 Å². The number of likely N-dealkylation sites (N-methyl/N-ethyl adjacent to an activating group) is 1. The van der Waals surface area contributed by atoms with Gasteiger partial charge in [-0.15, -0.1) is 0 Å². The van der Waals surface area contributed by atoms with E-state index in [1.165, 1.54) is 0 Å². The molecule has 1 N–H and O–H groups in total. The number of nitrogens with zero attached hydrogens (tertiary/aromatic N) is 1. The molecule has 1 unspecified atom stereocenters. The second-order valence-electron chi connectivity index (χ2n) is 4.36. The van der Waals surface area contributed by atoms with Crippen LogP contribution in [-0.2, 0) is 4.79 Å². The van der Waals surface area contributed by atoms with Crippen molar-refractivity contribution >= 4 is 5.91 Å². The lowest BCUT2D eigenvalue weighted by Crippen LogP contribution is -2.40. The summed E-state index contributed by atoms with van der Waals surface area (Å²) in [5.41, 5.74) is 0. The Balaban J connectivity index is 3.76. The van der Waals surface area contributed by atoms with Crippen LogP contribution >= 0.6 is 0 Å². The van der Waals surface area contributed by atoms with Crippen molar-refractivity contribution in [2.75, 3.05) is 19.6 Å². The lowest BCUT2D eigenvalue weighted by Gasteiger charge is -2.20. The fourth-order valence-corrected chi connectivity index (χ4v) is 1.66. The molecule has 0 aromatic heterocycles. The minimum absolute atomic E-state index is 0.0114. The zero-order chi connectivity index (χ0) is 14.2. The molecule has 18 heavy (non-hydrogen) atoms. The second-order valence-corrected chi connectivity index (χ2v) is 4.36. The van der Waals surface area contributed by atoms with Crippen LogP contribution < -0.4 is 5.32 Å². The molecule has 3 nitrogen and oxygen atoms in total. The maximum atomic E-state index is 11.9. The van der Waals surface area contributed by atoms with E-state index in [0.717, 1.165) is 0 Å². The van der Waals surface area contributed by atoms with Gasteiger partial charge in [0.1, 0.15) is 0 Å². The normalized spacial score (nSPS) is 13.4. The van der Waals surface area contributed by atoms with Crippen LogP contribution in [0.2, 0.25) is 0 Å².